The van der Waals surface area contributed by atoms with Crippen molar-refractivity contribution in [3.63, 3.8) is 0 Å². The van der Waals surface area contributed by atoms with Gasteiger partial charge in [-0.1, -0.05) is 40.4 Å². The van der Waals surface area contributed by atoms with Crippen LogP contribution in [0.3, 0.4) is 0 Å². The number of nitrogens with zero attached hydrogens (tertiary/aromatic N) is 2. The molecule has 110 valence electrons. The van der Waals surface area contributed by atoms with Gasteiger partial charge in [0.05, 0.1) is 0 Å². The third-order valence-corrected chi connectivity index (χ3v) is 4.87. The van der Waals surface area contributed by atoms with Crippen LogP contribution in [0.2, 0.25) is 5.02 Å². The topological polar surface area (TPSA) is 37.8 Å². The largest absolute Gasteiger partial charge is 0.373 e. The van der Waals surface area contributed by atoms with Crippen molar-refractivity contribution in [1.29, 1.82) is 0 Å². The van der Waals surface area contributed by atoms with Gasteiger partial charge in [0.15, 0.2) is 5.82 Å². The van der Waals surface area contributed by atoms with E-state index >= 15 is 0 Å². The van der Waals surface area contributed by atoms with Crippen LogP contribution in [0.4, 0.5) is 5.82 Å². The number of benzene rings is 1. The first-order valence-corrected chi connectivity index (χ1v) is 8.36. The number of rotatable bonds is 3. The Morgan fingerprint density at radius 3 is 2.67 bits per heavy atom. The molecule has 0 radical (unpaired) electrons. The van der Waals surface area contributed by atoms with Crippen molar-refractivity contribution in [2.24, 2.45) is 0 Å². The quantitative estimate of drug-likeness (QED) is 0.805. The number of nitrogens with one attached hydrogen (secondary N) is 1. The van der Waals surface area contributed by atoms with Gasteiger partial charge in [-0.2, -0.15) is 0 Å². The molecule has 1 heterocycles. The number of anilines is 1. The van der Waals surface area contributed by atoms with Gasteiger partial charge in [0, 0.05) is 39.8 Å². The van der Waals surface area contributed by atoms with Crippen molar-refractivity contribution in [1.82, 2.24) is 9.97 Å². The third-order valence-electron chi connectivity index (χ3n) is 3.94. The van der Waals surface area contributed by atoms with Gasteiger partial charge in [-0.15, -0.1) is 0 Å². The van der Waals surface area contributed by atoms with E-state index < -0.39 is 0 Å². The maximum absolute atomic E-state index is 6.12. The highest BCUT2D eigenvalue weighted by Crippen LogP contribution is 2.36. The molecule has 2 aromatic rings. The molecule has 0 aliphatic heterocycles. The van der Waals surface area contributed by atoms with E-state index in [1.807, 2.05) is 25.2 Å². The first kappa shape index (κ1) is 14.8. The number of halogens is 2. The highest BCUT2D eigenvalue weighted by Gasteiger charge is 2.20. The van der Waals surface area contributed by atoms with Crippen LogP contribution in [0.1, 0.15) is 37.3 Å². The lowest BCUT2D eigenvalue weighted by Crippen LogP contribution is -2.04. The number of hydrogen-bond donors (Lipinski definition) is 1. The van der Waals surface area contributed by atoms with E-state index in [0.717, 1.165) is 27.4 Å². The Morgan fingerprint density at radius 2 is 1.95 bits per heavy atom. The van der Waals surface area contributed by atoms with E-state index in [2.05, 4.69) is 32.3 Å². The van der Waals surface area contributed by atoms with Crippen molar-refractivity contribution in [2.75, 3.05) is 12.4 Å². The molecule has 1 aromatic heterocycles. The summed E-state index contributed by atoms with van der Waals surface area (Å²) in [5.74, 6) is 2.13. The van der Waals surface area contributed by atoms with Gasteiger partial charge in [0.2, 0.25) is 0 Å². The standard InChI is InChI=1S/C16H17BrClN3/c1-19-15-9-14(10-4-2-3-5-10)20-16(21-15)12-8-11(18)6-7-13(12)17/h6-10H,2-5H2,1H3,(H,19,20,21). The van der Waals surface area contributed by atoms with Crippen LogP contribution in [0.5, 0.6) is 0 Å². The average Bonchev–Trinajstić information content (AvgIpc) is 3.03. The summed E-state index contributed by atoms with van der Waals surface area (Å²) in [5, 5.41) is 3.82. The second-order valence-corrected chi connectivity index (χ2v) is 6.65. The molecule has 1 aliphatic rings. The normalized spacial score (nSPS) is 15.4. The lowest BCUT2D eigenvalue weighted by Gasteiger charge is -2.13. The predicted molar refractivity (Wildman–Crippen MR) is 90.9 cm³/mol. The van der Waals surface area contributed by atoms with E-state index in [9.17, 15) is 0 Å². The molecular weight excluding hydrogens is 350 g/mol. The summed E-state index contributed by atoms with van der Waals surface area (Å²) in [6.07, 6.45) is 5.02. The molecular formula is C16H17BrClN3. The summed E-state index contributed by atoms with van der Waals surface area (Å²) in [6.45, 7) is 0. The Labute approximate surface area is 138 Å². The van der Waals surface area contributed by atoms with E-state index in [1.165, 1.54) is 25.7 Å². The fourth-order valence-corrected chi connectivity index (χ4v) is 3.41. The van der Waals surface area contributed by atoms with Gasteiger partial charge in [0.1, 0.15) is 5.82 Å². The van der Waals surface area contributed by atoms with E-state index in [1.54, 1.807) is 0 Å². The van der Waals surface area contributed by atoms with Crippen LogP contribution in [0.25, 0.3) is 11.4 Å². The Bertz CT molecular complexity index is 654. The van der Waals surface area contributed by atoms with Crippen molar-refractivity contribution in [3.8, 4) is 11.4 Å². The number of hydrogen-bond acceptors (Lipinski definition) is 3. The highest BCUT2D eigenvalue weighted by molar-refractivity contribution is 9.10. The molecule has 21 heavy (non-hydrogen) atoms. The molecule has 0 spiro atoms. The van der Waals surface area contributed by atoms with Crippen molar-refractivity contribution < 1.29 is 0 Å². The molecule has 0 atom stereocenters. The smallest absolute Gasteiger partial charge is 0.162 e. The molecule has 0 amide bonds. The minimum atomic E-state index is 0.553. The zero-order valence-corrected chi connectivity index (χ0v) is 14.2. The second kappa shape index (κ2) is 6.32. The monoisotopic (exact) mass is 365 g/mol. The maximum atomic E-state index is 6.12. The van der Waals surface area contributed by atoms with Gasteiger partial charge in [-0.25, -0.2) is 9.97 Å². The molecule has 1 fully saturated rings. The Kier molecular flexibility index (Phi) is 4.45. The van der Waals surface area contributed by atoms with Crippen LogP contribution in [0.15, 0.2) is 28.7 Å². The zero-order chi connectivity index (χ0) is 14.8. The second-order valence-electron chi connectivity index (χ2n) is 5.36. The minimum absolute atomic E-state index is 0.553. The Balaban J connectivity index is 2.08. The SMILES string of the molecule is CNc1cc(C2CCCC2)nc(-c2cc(Cl)ccc2Br)n1. The maximum Gasteiger partial charge on any atom is 0.162 e. The fourth-order valence-electron chi connectivity index (χ4n) is 2.81. The van der Waals surface area contributed by atoms with Gasteiger partial charge < -0.3 is 5.32 Å². The Hall–Kier alpha value is -1.13. The summed E-state index contributed by atoms with van der Waals surface area (Å²) >= 11 is 9.68. The summed E-state index contributed by atoms with van der Waals surface area (Å²) in [5.41, 5.74) is 2.06. The zero-order valence-electron chi connectivity index (χ0n) is 11.9. The molecule has 3 rings (SSSR count). The summed E-state index contributed by atoms with van der Waals surface area (Å²) in [7, 11) is 1.89. The summed E-state index contributed by atoms with van der Waals surface area (Å²) in [4.78, 5) is 9.38. The van der Waals surface area contributed by atoms with Crippen LogP contribution in [-0.4, -0.2) is 17.0 Å². The fraction of sp³-hybridized carbons (Fsp3) is 0.375. The molecule has 0 unspecified atom stereocenters. The predicted octanol–water partition coefficient (Wildman–Crippen LogP) is 5.26. The first-order valence-electron chi connectivity index (χ1n) is 7.19. The molecule has 1 saturated carbocycles. The Morgan fingerprint density at radius 1 is 1.19 bits per heavy atom. The van der Waals surface area contributed by atoms with Crippen LogP contribution < -0.4 is 5.32 Å². The van der Waals surface area contributed by atoms with Gasteiger partial charge in [-0.05, 0) is 31.0 Å². The van der Waals surface area contributed by atoms with Crippen LogP contribution in [-0.2, 0) is 0 Å². The van der Waals surface area contributed by atoms with E-state index in [0.29, 0.717) is 10.9 Å². The van der Waals surface area contributed by atoms with Gasteiger partial charge in [-0.3, -0.25) is 0 Å². The summed E-state index contributed by atoms with van der Waals surface area (Å²) < 4.78 is 0.956. The molecule has 1 aromatic carbocycles. The van der Waals surface area contributed by atoms with Crippen LogP contribution >= 0.6 is 27.5 Å². The van der Waals surface area contributed by atoms with Crippen LogP contribution in [0, 0.1) is 0 Å². The van der Waals surface area contributed by atoms with E-state index in [4.69, 9.17) is 16.6 Å². The minimum Gasteiger partial charge on any atom is -0.373 e. The molecule has 0 bridgehead atoms. The first-order chi connectivity index (χ1) is 10.2. The van der Waals surface area contributed by atoms with Crippen molar-refractivity contribution >= 4 is 33.3 Å². The lowest BCUT2D eigenvalue weighted by atomic mass is 10.0. The average molecular weight is 367 g/mol. The molecule has 5 heteroatoms. The van der Waals surface area contributed by atoms with Gasteiger partial charge in [0.25, 0.3) is 0 Å². The molecule has 1 aliphatic carbocycles. The van der Waals surface area contributed by atoms with Crippen molar-refractivity contribution in [3.05, 3.63) is 39.5 Å². The third kappa shape index (κ3) is 3.22. The highest BCUT2D eigenvalue weighted by atomic mass is 79.9. The van der Waals surface area contributed by atoms with E-state index in [-0.39, 0.29) is 0 Å². The lowest BCUT2D eigenvalue weighted by molar-refractivity contribution is 0.696. The number of aromatic nitrogens is 2. The van der Waals surface area contributed by atoms with Crippen molar-refractivity contribution in [2.45, 2.75) is 31.6 Å². The summed E-state index contributed by atoms with van der Waals surface area (Å²) in [6, 6.07) is 7.76. The van der Waals surface area contributed by atoms with Gasteiger partial charge >= 0.3 is 0 Å². The molecule has 1 N–H and O–H groups in total. The molecule has 3 nitrogen and oxygen atoms in total. The molecule has 0 saturated heterocycles.